The maximum absolute atomic E-state index is 10.5. The third-order valence-corrected chi connectivity index (χ3v) is 10.6. The molecular weight excluding hydrogens is 679 g/mol. The topological polar surface area (TPSA) is 16.4 Å². The standard InChI is InChI=1S/C54H35NO/c1-3-15-36(16-4-1)39-20-13-21-41(33-39)55(42-31-32-45-40(34-42)30-29-38-19-7-8-22-43(38)45)51-35-50-53-48(46-24-10-9-23-44(46)37-17-5-2-6-18-37)27-14-28-52(53)56-54(50)49-26-12-11-25-47(49)51/h1-35H/i11D,12D,14D,25D,26D,27D,28D,35D. The molecule has 0 aliphatic heterocycles. The van der Waals surface area contributed by atoms with E-state index in [0.717, 1.165) is 43.8 Å². The van der Waals surface area contributed by atoms with Gasteiger partial charge in [-0.2, -0.15) is 0 Å². The molecule has 0 aliphatic carbocycles. The lowest BCUT2D eigenvalue weighted by molar-refractivity contribution is 0.673. The molecule has 0 saturated heterocycles. The Bertz CT molecular complexity index is 3720. The van der Waals surface area contributed by atoms with Crippen LogP contribution in [0.2, 0.25) is 0 Å². The molecule has 0 amide bonds. The summed E-state index contributed by atoms with van der Waals surface area (Å²) in [6.45, 7) is 0. The molecule has 0 N–H and O–H groups in total. The average molecular weight is 722 g/mol. The fraction of sp³-hybridized carbons (Fsp3) is 0. The number of hydrogen-bond donors (Lipinski definition) is 0. The monoisotopic (exact) mass is 721 g/mol. The van der Waals surface area contributed by atoms with Gasteiger partial charge in [-0.05, 0) is 91.3 Å². The first-order valence-corrected chi connectivity index (χ1v) is 18.5. The first kappa shape index (κ1) is 24.8. The summed E-state index contributed by atoms with van der Waals surface area (Å²) in [7, 11) is 0. The summed E-state index contributed by atoms with van der Waals surface area (Å²) in [5, 5.41) is 4.60. The Labute approximate surface area is 336 Å². The predicted octanol–water partition coefficient (Wildman–Crippen LogP) is 15.5. The normalized spacial score (nSPS) is 13.6. The van der Waals surface area contributed by atoms with Crippen LogP contribution in [0.1, 0.15) is 11.0 Å². The molecule has 0 atom stereocenters. The van der Waals surface area contributed by atoms with Crippen LogP contribution < -0.4 is 4.90 Å². The van der Waals surface area contributed by atoms with Gasteiger partial charge in [-0.3, -0.25) is 0 Å². The zero-order valence-electron chi connectivity index (χ0n) is 37.9. The van der Waals surface area contributed by atoms with Crippen molar-refractivity contribution < 1.29 is 15.4 Å². The minimum absolute atomic E-state index is 0.0225. The lowest BCUT2D eigenvalue weighted by atomic mass is 9.91. The van der Waals surface area contributed by atoms with Crippen LogP contribution in [-0.2, 0) is 0 Å². The minimum atomic E-state index is -0.485. The molecule has 1 aromatic heterocycles. The van der Waals surface area contributed by atoms with Crippen molar-refractivity contribution in [1.82, 2.24) is 0 Å². The predicted molar refractivity (Wildman–Crippen MR) is 237 cm³/mol. The molecule has 0 aliphatic rings. The van der Waals surface area contributed by atoms with Gasteiger partial charge >= 0.3 is 0 Å². The second kappa shape index (κ2) is 13.2. The van der Waals surface area contributed by atoms with Crippen LogP contribution in [0, 0.1) is 0 Å². The van der Waals surface area contributed by atoms with Gasteiger partial charge < -0.3 is 9.32 Å². The Morgan fingerprint density at radius 1 is 0.411 bits per heavy atom. The molecule has 0 fully saturated rings. The van der Waals surface area contributed by atoms with Gasteiger partial charge in [0.1, 0.15) is 11.2 Å². The second-order valence-corrected chi connectivity index (χ2v) is 13.8. The molecule has 0 saturated carbocycles. The van der Waals surface area contributed by atoms with Gasteiger partial charge in [0.05, 0.1) is 16.7 Å². The fourth-order valence-electron chi connectivity index (χ4n) is 8.05. The van der Waals surface area contributed by atoms with E-state index in [1.807, 2.05) is 144 Å². The van der Waals surface area contributed by atoms with Crippen molar-refractivity contribution in [3.8, 4) is 33.4 Å². The van der Waals surface area contributed by atoms with Crippen LogP contribution in [0.4, 0.5) is 17.1 Å². The van der Waals surface area contributed by atoms with Crippen molar-refractivity contribution >= 4 is 71.3 Å². The van der Waals surface area contributed by atoms with E-state index in [-0.39, 0.29) is 80.2 Å². The van der Waals surface area contributed by atoms with Crippen molar-refractivity contribution in [3.05, 3.63) is 212 Å². The van der Waals surface area contributed by atoms with E-state index in [0.29, 0.717) is 16.9 Å². The summed E-state index contributed by atoms with van der Waals surface area (Å²) in [5.41, 5.74) is 5.70. The minimum Gasteiger partial charge on any atom is -0.455 e. The lowest BCUT2D eigenvalue weighted by Gasteiger charge is -2.28. The molecule has 262 valence electrons. The van der Waals surface area contributed by atoms with E-state index in [1.165, 1.54) is 0 Å². The van der Waals surface area contributed by atoms with Gasteiger partial charge in [-0.25, -0.2) is 0 Å². The van der Waals surface area contributed by atoms with E-state index in [9.17, 15) is 6.85 Å². The van der Waals surface area contributed by atoms with Gasteiger partial charge in [0.2, 0.25) is 0 Å². The van der Waals surface area contributed by atoms with Crippen molar-refractivity contribution in [2.75, 3.05) is 4.90 Å². The number of benzene rings is 10. The molecule has 2 nitrogen and oxygen atoms in total. The zero-order chi connectivity index (χ0) is 44.0. The van der Waals surface area contributed by atoms with Crippen LogP contribution in [0.3, 0.4) is 0 Å². The summed E-state index contributed by atoms with van der Waals surface area (Å²) in [4.78, 5) is 1.88. The third kappa shape index (κ3) is 5.26. The Kier molecular flexibility index (Phi) is 5.83. The van der Waals surface area contributed by atoms with Gasteiger partial charge in [0.15, 0.2) is 0 Å². The van der Waals surface area contributed by atoms with Crippen molar-refractivity contribution in [2.24, 2.45) is 0 Å². The number of hydrogen-bond acceptors (Lipinski definition) is 2. The lowest BCUT2D eigenvalue weighted by Crippen LogP contribution is -2.10. The summed E-state index contributed by atoms with van der Waals surface area (Å²) >= 11 is 0. The molecule has 0 spiro atoms. The van der Waals surface area contributed by atoms with Crippen LogP contribution in [0.5, 0.6) is 0 Å². The Hall–Kier alpha value is -7.42. The van der Waals surface area contributed by atoms with Crippen LogP contribution in [0.25, 0.3) is 87.6 Å². The molecule has 0 bridgehead atoms. The quantitative estimate of drug-likeness (QED) is 0.159. The molecular formula is C54H35NO. The fourth-order valence-corrected chi connectivity index (χ4v) is 8.05. The molecule has 11 rings (SSSR count). The van der Waals surface area contributed by atoms with E-state index < -0.39 is 12.1 Å². The average Bonchev–Trinajstić information content (AvgIpc) is 3.74. The maximum atomic E-state index is 10.5. The maximum Gasteiger partial charge on any atom is 0.143 e. The summed E-state index contributed by atoms with van der Waals surface area (Å²) in [5.74, 6) is 0. The summed E-state index contributed by atoms with van der Waals surface area (Å²) in [6, 6.07) is 50.5. The number of nitrogens with zero attached hydrogens (tertiary/aromatic N) is 1. The van der Waals surface area contributed by atoms with Crippen LogP contribution in [0.15, 0.2) is 217 Å². The Morgan fingerprint density at radius 2 is 1.09 bits per heavy atom. The smallest absolute Gasteiger partial charge is 0.143 e. The van der Waals surface area contributed by atoms with Gasteiger partial charge in [0.25, 0.3) is 0 Å². The highest BCUT2D eigenvalue weighted by Crippen LogP contribution is 2.48. The number of anilines is 3. The number of rotatable bonds is 6. The van der Waals surface area contributed by atoms with E-state index >= 15 is 0 Å². The number of fused-ring (bicyclic) bond motifs is 8. The Balaban J connectivity index is 1.33. The second-order valence-electron chi connectivity index (χ2n) is 13.8. The van der Waals surface area contributed by atoms with Crippen molar-refractivity contribution in [2.45, 2.75) is 0 Å². The first-order chi connectivity index (χ1) is 31.1. The molecule has 0 radical (unpaired) electrons. The SMILES string of the molecule is [2H]c1c([2H])c(-c2ccccc2-c2ccccc2)c2c(oc3c4c([2H])c([2H])c([2H])c([2H])c4c(N(c4cccc(-c5ccccc5)c4)c4ccc5c(ccc6ccccc65)c4)c([2H])c32)c1[2H]. The Morgan fingerprint density at radius 3 is 1.95 bits per heavy atom. The molecule has 11 aromatic rings. The largest absolute Gasteiger partial charge is 0.455 e. The number of furan rings is 1. The van der Waals surface area contributed by atoms with Crippen LogP contribution in [-0.4, -0.2) is 0 Å². The molecule has 1 heterocycles. The highest BCUT2D eigenvalue weighted by Gasteiger charge is 2.23. The highest BCUT2D eigenvalue weighted by atomic mass is 16.3. The van der Waals surface area contributed by atoms with Gasteiger partial charge in [0, 0.05) is 32.9 Å². The van der Waals surface area contributed by atoms with E-state index in [2.05, 4.69) is 24.3 Å². The third-order valence-electron chi connectivity index (χ3n) is 10.6. The molecule has 10 aromatic carbocycles. The van der Waals surface area contributed by atoms with Gasteiger partial charge in [-0.15, -0.1) is 0 Å². The highest BCUT2D eigenvalue weighted by molar-refractivity contribution is 6.23. The summed E-state index contributed by atoms with van der Waals surface area (Å²) < 4.78 is 81.8. The van der Waals surface area contributed by atoms with E-state index in [1.54, 1.807) is 0 Å². The molecule has 0 unspecified atom stereocenters. The first-order valence-electron chi connectivity index (χ1n) is 22.5. The molecule has 2 heteroatoms. The molecule has 56 heavy (non-hydrogen) atoms. The van der Waals surface area contributed by atoms with Crippen molar-refractivity contribution in [3.63, 3.8) is 0 Å². The van der Waals surface area contributed by atoms with Crippen molar-refractivity contribution in [1.29, 1.82) is 0 Å². The van der Waals surface area contributed by atoms with Crippen LogP contribution >= 0.6 is 0 Å². The van der Waals surface area contributed by atoms with Gasteiger partial charge in [-0.1, -0.05) is 176 Å². The van der Waals surface area contributed by atoms with E-state index in [4.69, 9.17) is 8.53 Å². The summed E-state index contributed by atoms with van der Waals surface area (Å²) in [6.07, 6.45) is 0. The zero-order valence-corrected chi connectivity index (χ0v) is 29.9.